The number of carbonyl (C=O) groups is 1. The average molecular weight is 490 g/mol. The zero-order valence-corrected chi connectivity index (χ0v) is 21.1. The monoisotopic (exact) mass is 489 g/mol. The van der Waals surface area contributed by atoms with Crippen molar-refractivity contribution in [2.45, 2.75) is 20.3 Å². The van der Waals surface area contributed by atoms with Crippen molar-refractivity contribution in [2.75, 3.05) is 51.7 Å². The van der Waals surface area contributed by atoms with Gasteiger partial charge in [0.1, 0.15) is 23.5 Å². The van der Waals surface area contributed by atoms with Crippen LogP contribution in [-0.2, 0) is 11.2 Å². The Morgan fingerprint density at radius 3 is 2.42 bits per heavy atom. The van der Waals surface area contributed by atoms with Crippen LogP contribution in [0.4, 0.5) is 10.2 Å². The van der Waals surface area contributed by atoms with Gasteiger partial charge < -0.3 is 15.0 Å². The molecule has 0 saturated carbocycles. The number of aromatic nitrogens is 1. The molecule has 188 valence electrons. The summed E-state index contributed by atoms with van der Waals surface area (Å²) in [5, 5.41) is 12.7. The molecule has 1 N–H and O–H groups in total. The molecule has 7 nitrogen and oxygen atoms in total. The Morgan fingerprint density at radius 1 is 1.08 bits per heavy atom. The van der Waals surface area contributed by atoms with E-state index in [4.69, 9.17) is 4.74 Å². The van der Waals surface area contributed by atoms with Gasteiger partial charge in [-0.2, -0.15) is 5.26 Å². The second kappa shape index (κ2) is 11.4. The predicted octanol–water partition coefficient (Wildman–Crippen LogP) is 3.91. The SMILES string of the molecule is COc1ccc(CCN2CCN(CC(=O)Nc3c(C#N)c(C)c(C)n3-c3cccc(F)c3)CC2)cc1. The second-order valence-electron chi connectivity index (χ2n) is 9.13. The van der Waals surface area contributed by atoms with Crippen LogP contribution >= 0.6 is 0 Å². The first-order valence-electron chi connectivity index (χ1n) is 12.1. The van der Waals surface area contributed by atoms with Crippen LogP contribution < -0.4 is 10.1 Å². The highest BCUT2D eigenvalue weighted by molar-refractivity contribution is 5.93. The number of amides is 1. The van der Waals surface area contributed by atoms with Crippen LogP contribution in [0, 0.1) is 31.0 Å². The standard InChI is InChI=1S/C28H32FN5O2/c1-20-21(2)34(24-6-4-5-23(29)17-24)28(26(20)18-30)31-27(35)19-33-15-13-32(14-16-33)12-11-22-7-9-25(36-3)10-8-22/h4-10,17H,11-16,19H2,1-3H3,(H,31,35). The van der Waals surface area contributed by atoms with E-state index in [1.165, 1.54) is 17.7 Å². The number of rotatable bonds is 8. The van der Waals surface area contributed by atoms with E-state index in [0.717, 1.165) is 56.2 Å². The number of hydrogen-bond donors (Lipinski definition) is 1. The molecule has 8 heteroatoms. The van der Waals surface area contributed by atoms with Crippen LogP contribution in [0.2, 0.25) is 0 Å². The van der Waals surface area contributed by atoms with E-state index < -0.39 is 0 Å². The third-order valence-corrected chi connectivity index (χ3v) is 6.86. The van der Waals surface area contributed by atoms with Gasteiger partial charge in [-0.1, -0.05) is 18.2 Å². The van der Waals surface area contributed by atoms with Crippen molar-refractivity contribution >= 4 is 11.7 Å². The van der Waals surface area contributed by atoms with Gasteiger partial charge in [0.25, 0.3) is 0 Å². The first kappa shape index (κ1) is 25.4. The van der Waals surface area contributed by atoms with Crippen LogP contribution in [0.15, 0.2) is 48.5 Å². The number of anilines is 1. The third kappa shape index (κ3) is 5.76. The van der Waals surface area contributed by atoms with Gasteiger partial charge in [0.05, 0.1) is 24.9 Å². The minimum absolute atomic E-state index is 0.187. The fourth-order valence-electron chi connectivity index (χ4n) is 4.62. The van der Waals surface area contributed by atoms with Crippen molar-refractivity contribution < 1.29 is 13.9 Å². The van der Waals surface area contributed by atoms with E-state index in [2.05, 4.69) is 33.3 Å². The number of carbonyl (C=O) groups excluding carboxylic acids is 1. The highest BCUT2D eigenvalue weighted by Crippen LogP contribution is 2.30. The number of nitriles is 1. The number of nitrogens with zero attached hydrogens (tertiary/aromatic N) is 4. The predicted molar refractivity (Wildman–Crippen MR) is 138 cm³/mol. The summed E-state index contributed by atoms with van der Waals surface area (Å²) in [4.78, 5) is 17.5. The van der Waals surface area contributed by atoms with E-state index in [1.54, 1.807) is 23.8 Å². The largest absolute Gasteiger partial charge is 0.497 e. The summed E-state index contributed by atoms with van der Waals surface area (Å²) in [7, 11) is 1.67. The van der Waals surface area contributed by atoms with Crippen molar-refractivity contribution in [1.29, 1.82) is 5.26 Å². The van der Waals surface area contributed by atoms with Gasteiger partial charge in [-0.25, -0.2) is 4.39 Å². The number of nitrogens with one attached hydrogen (secondary N) is 1. The van der Waals surface area contributed by atoms with Crippen LogP contribution in [0.5, 0.6) is 5.75 Å². The Bertz CT molecular complexity index is 1250. The van der Waals surface area contributed by atoms with Gasteiger partial charge in [-0.05, 0) is 61.7 Å². The first-order valence-corrected chi connectivity index (χ1v) is 12.1. The molecule has 1 saturated heterocycles. The molecule has 0 radical (unpaired) electrons. The maximum absolute atomic E-state index is 13.9. The Hall–Kier alpha value is -3.67. The molecule has 0 spiro atoms. The molecule has 36 heavy (non-hydrogen) atoms. The van der Waals surface area contributed by atoms with Gasteiger partial charge in [0.15, 0.2) is 0 Å². The summed E-state index contributed by atoms with van der Waals surface area (Å²) < 4.78 is 20.9. The lowest BCUT2D eigenvalue weighted by atomic mass is 10.1. The summed E-state index contributed by atoms with van der Waals surface area (Å²) in [5.41, 5.74) is 3.80. The summed E-state index contributed by atoms with van der Waals surface area (Å²) in [6, 6.07) is 16.5. The number of halogens is 1. The number of benzene rings is 2. The smallest absolute Gasteiger partial charge is 0.239 e. The lowest BCUT2D eigenvalue weighted by Gasteiger charge is -2.34. The lowest BCUT2D eigenvalue weighted by Crippen LogP contribution is -2.49. The van der Waals surface area contributed by atoms with Crippen LogP contribution in [-0.4, -0.2) is 66.7 Å². The second-order valence-corrected chi connectivity index (χ2v) is 9.13. The Labute approximate surface area is 211 Å². The van der Waals surface area contributed by atoms with Crippen molar-refractivity contribution in [2.24, 2.45) is 0 Å². The molecule has 0 atom stereocenters. The molecule has 4 rings (SSSR count). The number of ether oxygens (including phenoxy) is 1. The Kier molecular flexibility index (Phi) is 8.04. The number of hydrogen-bond acceptors (Lipinski definition) is 5. The molecule has 3 aromatic rings. The summed E-state index contributed by atoms with van der Waals surface area (Å²) in [6.07, 6.45) is 0.969. The van der Waals surface area contributed by atoms with E-state index in [1.807, 2.05) is 26.0 Å². The molecule has 2 heterocycles. The molecule has 2 aromatic carbocycles. The highest BCUT2D eigenvalue weighted by atomic mass is 19.1. The van der Waals surface area contributed by atoms with E-state index in [9.17, 15) is 14.4 Å². The van der Waals surface area contributed by atoms with Gasteiger partial charge in [-0.15, -0.1) is 0 Å². The van der Waals surface area contributed by atoms with E-state index >= 15 is 0 Å². The van der Waals surface area contributed by atoms with Gasteiger partial charge >= 0.3 is 0 Å². The summed E-state index contributed by atoms with van der Waals surface area (Å²) >= 11 is 0. The molecule has 0 aliphatic carbocycles. The molecule has 1 aliphatic rings. The van der Waals surface area contributed by atoms with Gasteiger partial charge in [-0.3, -0.25) is 14.3 Å². The van der Waals surface area contributed by atoms with Gasteiger partial charge in [0, 0.05) is 38.4 Å². The third-order valence-electron chi connectivity index (χ3n) is 6.86. The highest BCUT2D eigenvalue weighted by Gasteiger charge is 2.23. The summed E-state index contributed by atoms with van der Waals surface area (Å²) in [5.74, 6) is 0.689. The molecular weight excluding hydrogens is 457 g/mol. The fraction of sp³-hybridized carbons (Fsp3) is 0.357. The topological polar surface area (TPSA) is 73.5 Å². The Balaban J connectivity index is 1.35. The zero-order valence-electron chi connectivity index (χ0n) is 21.1. The fourth-order valence-corrected chi connectivity index (χ4v) is 4.62. The first-order chi connectivity index (χ1) is 17.4. The van der Waals surface area contributed by atoms with E-state index in [0.29, 0.717) is 17.1 Å². The molecular formula is C28H32FN5O2. The molecule has 1 fully saturated rings. The molecule has 1 amide bonds. The van der Waals surface area contributed by atoms with Gasteiger partial charge in [0.2, 0.25) is 5.91 Å². The maximum atomic E-state index is 13.9. The quantitative estimate of drug-likeness (QED) is 0.519. The van der Waals surface area contributed by atoms with Crippen molar-refractivity contribution in [1.82, 2.24) is 14.4 Å². The Morgan fingerprint density at radius 2 is 1.78 bits per heavy atom. The minimum atomic E-state index is -0.376. The minimum Gasteiger partial charge on any atom is -0.497 e. The van der Waals surface area contributed by atoms with Crippen LogP contribution in [0.1, 0.15) is 22.4 Å². The van der Waals surface area contributed by atoms with E-state index in [-0.39, 0.29) is 18.3 Å². The molecule has 1 aromatic heterocycles. The maximum Gasteiger partial charge on any atom is 0.239 e. The number of piperazine rings is 1. The van der Waals surface area contributed by atoms with Crippen LogP contribution in [0.3, 0.4) is 0 Å². The van der Waals surface area contributed by atoms with Crippen molar-refractivity contribution in [3.05, 3.63) is 76.7 Å². The molecule has 1 aliphatic heterocycles. The average Bonchev–Trinajstić information content (AvgIpc) is 3.12. The van der Waals surface area contributed by atoms with Crippen LogP contribution in [0.25, 0.3) is 5.69 Å². The zero-order chi connectivity index (χ0) is 25.7. The number of methoxy groups -OCH3 is 1. The molecule has 0 bridgehead atoms. The normalized spacial score (nSPS) is 14.4. The molecule has 0 unspecified atom stereocenters. The van der Waals surface area contributed by atoms with Crippen molar-refractivity contribution in [3.63, 3.8) is 0 Å². The lowest BCUT2D eigenvalue weighted by molar-refractivity contribution is -0.117. The summed E-state index contributed by atoms with van der Waals surface area (Å²) in [6.45, 7) is 8.29. The van der Waals surface area contributed by atoms with Crippen molar-refractivity contribution in [3.8, 4) is 17.5 Å².